The molecule has 0 aliphatic rings. The topological polar surface area (TPSA) is 20.5 Å². The summed E-state index contributed by atoms with van der Waals surface area (Å²) in [5, 5.41) is 2.05. The van der Waals surface area contributed by atoms with Crippen LogP contribution in [0.4, 0.5) is 5.82 Å². The number of nitrogens with zero attached hydrogens (tertiary/aromatic N) is 3. The van der Waals surface area contributed by atoms with Crippen molar-refractivity contribution in [2.75, 3.05) is 18.0 Å². The van der Waals surface area contributed by atoms with Crippen LogP contribution in [0.5, 0.6) is 0 Å². The average molecular weight is 300 g/mol. The molecule has 0 aliphatic heterocycles. The number of hydrogen-bond donors (Lipinski definition) is 0. The molecular weight excluding hydrogens is 278 g/mol. The Labute approximate surface area is 124 Å². The second-order valence-corrected chi connectivity index (χ2v) is 5.93. The highest BCUT2D eigenvalue weighted by atomic mass is 35.5. The van der Waals surface area contributed by atoms with E-state index in [1.807, 2.05) is 0 Å². The Bertz CT molecular complexity index is 516. The van der Waals surface area contributed by atoms with Gasteiger partial charge in [0.25, 0.3) is 0 Å². The molecule has 0 spiro atoms. The van der Waals surface area contributed by atoms with Crippen molar-refractivity contribution in [3.63, 3.8) is 0 Å². The van der Waals surface area contributed by atoms with Crippen LogP contribution in [0.15, 0.2) is 11.6 Å². The Balaban J connectivity index is 2.31. The molecule has 0 fully saturated rings. The van der Waals surface area contributed by atoms with E-state index in [0.717, 1.165) is 35.5 Å². The average Bonchev–Trinajstić information content (AvgIpc) is 3.00. The highest BCUT2D eigenvalue weighted by Crippen LogP contribution is 2.27. The summed E-state index contributed by atoms with van der Waals surface area (Å²) >= 11 is 7.79. The van der Waals surface area contributed by atoms with Gasteiger partial charge in [0.2, 0.25) is 0 Å². The van der Waals surface area contributed by atoms with Crippen LogP contribution in [-0.4, -0.2) is 22.5 Å². The van der Waals surface area contributed by atoms with E-state index in [-0.39, 0.29) is 0 Å². The molecule has 0 amide bonds. The van der Waals surface area contributed by atoms with Gasteiger partial charge in [0.1, 0.15) is 0 Å². The minimum atomic E-state index is 0.507. The van der Waals surface area contributed by atoms with Gasteiger partial charge in [0.15, 0.2) is 10.8 Å². The first-order valence-electron chi connectivity index (χ1n) is 7.00. The number of aromatic nitrogens is 2. The van der Waals surface area contributed by atoms with Crippen LogP contribution in [0.2, 0.25) is 0 Å². The van der Waals surface area contributed by atoms with Crippen molar-refractivity contribution in [1.82, 2.24) is 9.38 Å². The Morgan fingerprint density at radius 3 is 2.68 bits per heavy atom. The second kappa shape index (κ2) is 6.62. The third kappa shape index (κ3) is 2.90. The number of fused-ring (bicyclic) bond motifs is 1. The van der Waals surface area contributed by atoms with E-state index < -0.39 is 0 Å². The first-order valence-corrected chi connectivity index (χ1v) is 8.41. The van der Waals surface area contributed by atoms with Crippen LogP contribution in [-0.2, 0) is 5.88 Å². The van der Waals surface area contributed by atoms with Gasteiger partial charge in [-0.1, -0.05) is 26.7 Å². The van der Waals surface area contributed by atoms with Crippen molar-refractivity contribution in [2.24, 2.45) is 5.92 Å². The maximum atomic E-state index is 6.13. The third-order valence-corrected chi connectivity index (χ3v) is 4.79. The molecule has 0 bridgehead atoms. The standard InChI is InChI=1S/C14H22ClN3S/c1-4-11(5-2)10-17(6-3)13-12(9-15)18-7-8-19-14(18)16-13/h7-8,11H,4-6,9-10H2,1-3H3. The van der Waals surface area contributed by atoms with Crippen LogP contribution in [0, 0.1) is 5.92 Å². The first kappa shape index (κ1) is 14.7. The zero-order chi connectivity index (χ0) is 13.8. The fraction of sp³-hybridized carbons (Fsp3) is 0.643. The van der Waals surface area contributed by atoms with Gasteiger partial charge in [-0.15, -0.1) is 22.9 Å². The maximum Gasteiger partial charge on any atom is 0.195 e. The molecule has 2 aromatic heterocycles. The van der Waals surface area contributed by atoms with E-state index in [1.165, 1.54) is 12.8 Å². The molecule has 5 heteroatoms. The summed E-state index contributed by atoms with van der Waals surface area (Å²) in [7, 11) is 0. The number of halogens is 1. The van der Waals surface area contributed by atoms with Gasteiger partial charge < -0.3 is 4.90 Å². The SMILES string of the molecule is CCC(CC)CN(CC)c1nc2sccn2c1CCl. The number of hydrogen-bond acceptors (Lipinski definition) is 3. The van der Waals surface area contributed by atoms with Crippen molar-refractivity contribution < 1.29 is 0 Å². The second-order valence-electron chi connectivity index (χ2n) is 4.79. The third-order valence-electron chi connectivity index (χ3n) is 3.78. The minimum Gasteiger partial charge on any atom is -0.355 e. The minimum absolute atomic E-state index is 0.507. The largest absolute Gasteiger partial charge is 0.355 e. The zero-order valence-electron chi connectivity index (χ0n) is 11.9. The fourth-order valence-corrected chi connectivity index (χ4v) is 3.40. The number of alkyl halides is 1. The van der Waals surface area contributed by atoms with E-state index in [1.54, 1.807) is 11.3 Å². The van der Waals surface area contributed by atoms with Crippen LogP contribution < -0.4 is 4.90 Å². The molecule has 0 unspecified atom stereocenters. The van der Waals surface area contributed by atoms with Gasteiger partial charge in [-0.25, -0.2) is 4.98 Å². The van der Waals surface area contributed by atoms with Gasteiger partial charge in [-0.3, -0.25) is 4.40 Å². The van der Waals surface area contributed by atoms with Gasteiger partial charge in [-0.05, 0) is 12.8 Å². The van der Waals surface area contributed by atoms with Crippen molar-refractivity contribution in [2.45, 2.75) is 39.5 Å². The Morgan fingerprint density at radius 2 is 2.11 bits per heavy atom. The van der Waals surface area contributed by atoms with Crippen LogP contribution in [0.25, 0.3) is 4.96 Å². The lowest BCUT2D eigenvalue weighted by atomic mass is 10.0. The normalized spacial score (nSPS) is 11.6. The molecular formula is C14H22ClN3S. The molecule has 106 valence electrons. The molecule has 0 atom stereocenters. The zero-order valence-corrected chi connectivity index (χ0v) is 13.5. The number of thiazole rings is 1. The smallest absolute Gasteiger partial charge is 0.195 e. The summed E-state index contributed by atoms with van der Waals surface area (Å²) in [5.74, 6) is 2.30. The molecule has 0 aliphatic carbocycles. The summed E-state index contributed by atoms with van der Waals surface area (Å²) in [4.78, 5) is 8.17. The fourth-order valence-electron chi connectivity index (χ4n) is 2.42. The molecule has 0 saturated heterocycles. The lowest BCUT2D eigenvalue weighted by molar-refractivity contribution is 0.484. The van der Waals surface area contributed by atoms with E-state index >= 15 is 0 Å². The van der Waals surface area contributed by atoms with Crippen molar-refractivity contribution in [3.05, 3.63) is 17.3 Å². The molecule has 2 rings (SSSR count). The van der Waals surface area contributed by atoms with E-state index in [4.69, 9.17) is 16.6 Å². The molecule has 19 heavy (non-hydrogen) atoms. The van der Waals surface area contributed by atoms with E-state index in [2.05, 4.69) is 41.6 Å². The van der Waals surface area contributed by atoms with Gasteiger partial charge in [0.05, 0.1) is 11.6 Å². The Morgan fingerprint density at radius 1 is 1.37 bits per heavy atom. The highest BCUT2D eigenvalue weighted by molar-refractivity contribution is 7.15. The van der Waals surface area contributed by atoms with Crippen LogP contribution in [0.1, 0.15) is 39.3 Å². The molecule has 2 aromatic rings. The van der Waals surface area contributed by atoms with Crippen molar-refractivity contribution in [1.29, 1.82) is 0 Å². The van der Waals surface area contributed by atoms with E-state index in [9.17, 15) is 0 Å². The Hall–Kier alpha value is -0.740. The van der Waals surface area contributed by atoms with Crippen molar-refractivity contribution >= 4 is 33.7 Å². The van der Waals surface area contributed by atoms with Gasteiger partial charge in [-0.2, -0.15) is 0 Å². The van der Waals surface area contributed by atoms with Crippen LogP contribution in [0.3, 0.4) is 0 Å². The molecule has 0 saturated carbocycles. The summed E-state index contributed by atoms with van der Waals surface area (Å²) in [6.45, 7) is 8.75. The van der Waals surface area contributed by atoms with Crippen molar-refractivity contribution in [3.8, 4) is 0 Å². The summed E-state index contributed by atoms with van der Waals surface area (Å²) in [6.07, 6.45) is 4.48. The lowest BCUT2D eigenvalue weighted by Gasteiger charge is -2.26. The van der Waals surface area contributed by atoms with Crippen LogP contribution >= 0.6 is 22.9 Å². The predicted octanol–water partition coefficient (Wildman–Crippen LogP) is 4.40. The number of anilines is 1. The monoisotopic (exact) mass is 299 g/mol. The maximum absolute atomic E-state index is 6.13. The van der Waals surface area contributed by atoms with E-state index in [0.29, 0.717) is 5.88 Å². The predicted molar refractivity (Wildman–Crippen MR) is 84.6 cm³/mol. The lowest BCUT2D eigenvalue weighted by Crippen LogP contribution is -2.30. The summed E-state index contributed by atoms with van der Waals surface area (Å²) < 4.78 is 2.11. The molecule has 0 radical (unpaired) electrons. The quantitative estimate of drug-likeness (QED) is 0.707. The molecule has 0 aromatic carbocycles. The summed E-state index contributed by atoms with van der Waals surface area (Å²) in [6, 6.07) is 0. The summed E-state index contributed by atoms with van der Waals surface area (Å²) in [5.41, 5.74) is 1.12. The molecule has 2 heterocycles. The number of imidazole rings is 1. The van der Waals surface area contributed by atoms with Gasteiger partial charge >= 0.3 is 0 Å². The number of rotatable bonds is 7. The molecule has 3 nitrogen and oxygen atoms in total. The first-order chi connectivity index (χ1) is 9.24. The van der Waals surface area contributed by atoms with Gasteiger partial charge in [0, 0.05) is 24.7 Å². The molecule has 0 N–H and O–H groups in total. The highest BCUT2D eigenvalue weighted by Gasteiger charge is 2.19. The Kier molecular flexibility index (Phi) is 5.11.